The molecule has 3 aromatic rings. The third-order valence-corrected chi connectivity index (χ3v) is 3.53. The molecule has 2 heterocycles. The second kappa shape index (κ2) is 7.56. The zero-order chi connectivity index (χ0) is 18.5. The van der Waals surface area contributed by atoms with Gasteiger partial charge in [-0.15, -0.1) is 0 Å². The zero-order valence-corrected chi connectivity index (χ0v) is 13.9. The van der Waals surface area contributed by atoms with Crippen molar-refractivity contribution < 1.29 is 14.3 Å². The summed E-state index contributed by atoms with van der Waals surface area (Å²) in [4.78, 5) is 23.4. The number of nitrogens with one attached hydrogen (secondary N) is 2. The lowest BCUT2D eigenvalue weighted by Crippen LogP contribution is -2.15. The molecular formula is C18H16FN5O2. The molecule has 0 unspecified atom stereocenters. The van der Waals surface area contributed by atoms with Crippen LogP contribution in [0.3, 0.4) is 0 Å². The Morgan fingerprint density at radius 1 is 1.23 bits per heavy atom. The molecule has 0 bridgehead atoms. The number of aryl methyl sites for hydroxylation is 1. The van der Waals surface area contributed by atoms with E-state index in [4.69, 9.17) is 5.11 Å². The minimum absolute atomic E-state index is 0.142. The molecule has 1 aromatic carbocycles. The van der Waals surface area contributed by atoms with Crippen molar-refractivity contribution in [1.29, 1.82) is 0 Å². The maximum atomic E-state index is 13.8. The van der Waals surface area contributed by atoms with E-state index in [0.29, 0.717) is 22.8 Å². The first-order valence-electron chi connectivity index (χ1n) is 7.79. The van der Waals surface area contributed by atoms with E-state index in [-0.39, 0.29) is 18.3 Å². The van der Waals surface area contributed by atoms with E-state index < -0.39 is 5.97 Å². The molecule has 3 rings (SSSR count). The van der Waals surface area contributed by atoms with E-state index in [1.165, 1.54) is 6.07 Å². The van der Waals surface area contributed by atoms with Crippen LogP contribution >= 0.6 is 0 Å². The summed E-state index contributed by atoms with van der Waals surface area (Å²) < 4.78 is 13.8. The summed E-state index contributed by atoms with van der Waals surface area (Å²) in [7, 11) is 0. The van der Waals surface area contributed by atoms with Gasteiger partial charge in [0.1, 0.15) is 18.2 Å². The lowest BCUT2D eigenvalue weighted by molar-refractivity contribution is -0.134. The fourth-order valence-electron chi connectivity index (χ4n) is 2.23. The summed E-state index contributed by atoms with van der Waals surface area (Å²) in [5.74, 6) is -0.824. The summed E-state index contributed by atoms with van der Waals surface area (Å²) in [5.41, 5.74) is 2.36. The molecule has 0 aliphatic carbocycles. The van der Waals surface area contributed by atoms with Crippen LogP contribution < -0.4 is 10.6 Å². The number of anilines is 3. The minimum Gasteiger partial charge on any atom is -0.480 e. The van der Waals surface area contributed by atoms with Crippen LogP contribution in [0.2, 0.25) is 0 Å². The number of pyridine rings is 1. The van der Waals surface area contributed by atoms with Gasteiger partial charge in [-0.1, -0.05) is 6.07 Å². The second-order valence-corrected chi connectivity index (χ2v) is 5.54. The fraction of sp³-hybridized carbons (Fsp3) is 0.111. The van der Waals surface area contributed by atoms with Crippen LogP contribution in [0.5, 0.6) is 0 Å². The molecule has 0 amide bonds. The van der Waals surface area contributed by atoms with Crippen LogP contribution in [-0.2, 0) is 4.79 Å². The van der Waals surface area contributed by atoms with Crippen molar-refractivity contribution in [3.8, 4) is 11.3 Å². The van der Waals surface area contributed by atoms with Crippen molar-refractivity contribution in [3.63, 3.8) is 0 Å². The minimum atomic E-state index is -1.03. The summed E-state index contributed by atoms with van der Waals surface area (Å²) in [6.45, 7) is 1.35. The standard InChI is InChI=1S/C18H16FN5O2/c1-11-4-5-13(7-14(11)19)22-16-8-15(12-3-2-6-20-9-12)23-18(24-16)21-10-17(25)26/h2-9H,10H2,1H3,(H,25,26)(H2,21,22,23,24). The van der Waals surface area contributed by atoms with E-state index in [1.54, 1.807) is 43.6 Å². The first-order valence-corrected chi connectivity index (χ1v) is 7.79. The third kappa shape index (κ3) is 4.29. The van der Waals surface area contributed by atoms with Gasteiger partial charge in [-0.05, 0) is 36.8 Å². The molecule has 0 saturated heterocycles. The van der Waals surface area contributed by atoms with E-state index in [2.05, 4.69) is 25.6 Å². The summed E-state index contributed by atoms with van der Waals surface area (Å²) >= 11 is 0. The highest BCUT2D eigenvalue weighted by molar-refractivity contribution is 5.73. The van der Waals surface area contributed by atoms with Gasteiger partial charge in [-0.2, -0.15) is 4.98 Å². The predicted molar refractivity (Wildman–Crippen MR) is 95.8 cm³/mol. The Morgan fingerprint density at radius 3 is 2.77 bits per heavy atom. The molecule has 26 heavy (non-hydrogen) atoms. The van der Waals surface area contributed by atoms with E-state index in [1.807, 2.05) is 6.07 Å². The van der Waals surface area contributed by atoms with Crippen LogP contribution in [0.1, 0.15) is 5.56 Å². The molecule has 0 atom stereocenters. The number of rotatable bonds is 6. The Hall–Kier alpha value is -3.55. The normalized spacial score (nSPS) is 10.4. The Balaban J connectivity index is 1.95. The van der Waals surface area contributed by atoms with Gasteiger partial charge in [0.25, 0.3) is 0 Å². The molecule has 0 spiro atoms. The van der Waals surface area contributed by atoms with Crippen LogP contribution in [0, 0.1) is 12.7 Å². The third-order valence-electron chi connectivity index (χ3n) is 3.53. The topological polar surface area (TPSA) is 100 Å². The Labute approximate surface area is 149 Å². The maximum Gasteiger partial charge on any atom is 0.322 e. The summed E-state index contributed by atoms with van der Waals surface area (Å²) in [5, 5.41) is 14.5. The average Bonchev–Trinajstić information content (AvgIpc) is 2.64. The summed E-state index contributed by atoms with van der Waals surface area (Å²) in [6.07, 6.45) is 3.28. The molecule has 7 nitrogen and oxygen atoms in total. The van der Waals surface area contributed by atoms with Crippen molar-refractivity contribution >= 4 is 23.4 Å². The first-order chi connectivity index (χ1) is 12.5. The predicted octanol–water partition coefficient (Wildman–Crippen LogP) is 3.23. The van der Waals surface area contributed by atoms with Gasteiger partial charge in [0, 0.05) is 29.7 Å². The lowest BCUT2D eigenvalue weighted by Gasteiger charge is -2.11. The molecule has 132 valence electrons. The van der Waals surface area contributed by atoms with Gasteiger partial charge in [-0.3, -0.25) is 9.78 Å². The van der Waals surface area contributed by atoms with Gasteiger partial charge in [0.2, 0.25) is 5.95 Å². The highest BCUT2D eigenvalue weighted by Gasteiger charge is 2.09. The number of carbonyl (C=O) groups is 1. The molecule has 2 aromatic heterocycles. The van der Waals surface area contributed by atoms with E-state index >= 15 is 0 Å². The van der Waals surface area contributed by atoms with Crippen LogP contribution in [0.4, 0.5) is 21.8 Å². The Bertz CT molecular complexity index is 934. The molecule has 0 saturated carbocycles. The van der Waals surface area contributed by atoms with Crippen molar-refractivity contribution in [2.24, 2.45) is 0 Å². The highest BCUT2D eigenvalue weighted by atomic mass is 19.1. The number of halogens is 1. The molecular weight excluding hydrogens is 337 g/mol. The first kappa shape index (κ1) is 17.3. The SMILES string of the molecule is Cc1ccc(Nc2cc(-c3cccnc3)nc(NCC(=O)O)n2)cc1F. The van der Waals surface area contributed by atoms with E-state index in [0.717, 1.165) is 5.56 Å². The quantitative estimate of drug-likeness (QED) is 0.625. The van der Waals surface area contributed by atoms with Crippen molar-refractivity contribution in [2.45, 2.75) is 6.92 Å². The number of aliphatic carboxylic acids is 1. The number of carboxylic acids is 1. The lowest BCUT2D eigenvalue weighted by atomic mass is 10.2. The second-order valence-electron chi connectivity index (χ2n) is 5.54. The van der Waals surface area contributed by atoms with Crippen LogP contribution in [0.15, 0.2) is 48.8 Å². The van der Waals surface area contributed by atoms with Crippen molar-refractivity contribution in [3.05, 3.63) is 60.2 Å². The molecule has 0 aliphatic rings. The zero-order valence-electron chi connectivity index (χ0n) is 13.9. The molecule has 0 aliphatic heterocycles. The molecule has 3 N–H and O–H groups in total. The van der Waals surface area contributed by atoms with Gasteiger partial charge in [0.15, 0.2) is 0 Å². The van der Waals surface area contributed by atoms with Gasteiger partial charge >= 0.3 is 5.97 Å². The van der Waals surface area contributed by atoms with E-state index in [9.17, 15) is 9.18 Å². The number of aromatic nitrogens is 3. The highest BCUT2D eigenvalue weighted by Crippen LogP contribution is 2.24. The van der Waals surface area contributed by atoms with Gasteiger partial charge < -0.3 is 15.7 Å². The Morgan fingerprint density at radius 2 is 2.08 bits per heavy atom. The number of carboxylic acid groups (broad SMARTS) is 1. The van der Waals surface area contributed by atoms with Crippen molar-refractivity contribution in [1.82, 2.24) is 15.0 Å². The van der Waals surface area contributed by atoms with Crippen LogP contribution in [0.25, 0.3) is 11.3 Å². The fourth-order valence-corrected chi connectivity index (χ4v) is 2.23. The average molecular weight is 353 g/mol. The Kier molecular flexibility index (Phi) is 5.02. The summed E-state index contributed by atoms with van der Waals surface area (Å²) in [6, 6.07) is 10.0. The number of hydrogen-bond acceptors (Lipinski definition) is 6. The van der Waals surface area contributed by atoms with Crippen LogP contribution in [-0.4, -0.2) is 32.6 Å². The number of nitrogens with zero attached hydrogens (tertiary/aromatic N) is 3. The maximum absolute atomic E-state index is 13.8. The number of benzene rings is 1. The smallest absolute Gasteiger partial charge is 0.322 e. The molecule has 8 heteroatoms. The van der Waals surface area contributed by atoms with Gasteiger partial charge in [0.05, 0.1) is 5.69 Å². The monoisotopic (exact) mass is 353 g/mol. The van der Waals surface area contributed by atoms with Crippen molar-refractivity contribution in [2.75, 3.05) is 17.2 Å². The molecule has 0 radical (unpaired) electrons. The molecule has 0 fully saturated rings. The van der Waals surface area contributed by atoms with Gasteiger partial charge in [-0.25, -0.2) is 9.37 Å². The number of hydrogen-bond donors (Lipinski definition) is 3. The largest absolute Gasteiger partial charge is 0.480 e.